The molecule has 0 aromatic heterocycles. The van der Waals surface area contributed by atoms with Crippen molar-refractivity contribution in [3.8, 4) is 0 Å². The lowest BCUT2D eigenvalue weighted by Gasteiger charge is -2.30. The van der Waals surface area contributed by atoms with Gasteiger partial charge in [-0.1, -0.05) is 29.3 Å². The molecule has 1 aromatic rings. The van der Waals surface area contributed by atoms with E-state index >= 15 is 0 Å². The summed E-state index contributed by atoms with van der Waals surface area (Å²) in [7, 11) is 0. The van der Waals surface area contributed by atoms with Gasteiger partial charge in [0.1, 0.15) is 0 Å². The van der Waals surface area contributed by atoms with Gasteiger partial charge in [-0.25, -0.2) is 4.79 Å². The van der Waals surface area contributed by atoms with Gasteiger partial charge in [0.05, 0.1) is 0 Å². The van der Waals surface area contributed by atoms with Gasteiger partial charge in [-0.15, -0.1) is 0 Å². The number of amides is 2. The van der Waals surface area contributed by atoms with Crippen molar-refractivity contribution >= 4 is 47.1 Å². The molecule has 1 heterocycles. The summed E-state index contributed by atoms with van der Waals surface area (Å²) in [5, 5.41) is 0.903. The summed E-state index contributed by atoms with van der Waals surface area (Å²) >= 11 is 11.8. The lowest BCUT2D eigenvalue weighted by molar-refractivity contribution is -0.149. The lowest BCUT2D eigenvalue weighted by Crippen LogP contribution is -2.43. The number of piperidine rings is 1. The van der Waals surface area contributed by atoms with Crippen LogP contribution in [0.25, 0.3) is 6.08 Å². The van der Waals surface area contributed by atoms with E-state index in [1.165, 1.54) is 12.2 Å². The van der Waals surface area contributed by atoms with Crippen LogP contribution in [0, 0.1) is 5.92 Å². The van der Waals surface area contributed by atoms with Gasteiger partial charge in [-0.05, 0) is 36.6 Å². The molecular weight excluding hydrogens is 367 g/mol. The number of primary amides is 1. The molecule has 6 nitrogen and oxygen atoms in total. The fraction of sp³-hybridized carbons (Fsp3) is 0.353. The van der Waals surface area contributed by atoms with Crippen LogP contribution < -0.4 is 5.73 Å². The highest BCUT2D eigenvalue weighted by Crippen LogP contribution is 2.22. The number of nitrogens with zero attached hydrogens (tertiary/aromatic N) is 1. The van der Waals surface area contributed by atoms with Crippen molar-refractivity contribution in [2.75, 3.05) is 19.7 Å². The number of halogens is 2. The number of carbonyl (C=O) groups is 3. The summed E-state index contributed by atoms with van der Waals surface area (Å²) in [5.41, 5.74) is 5.86. The van der Waals surface area contributed by atoms with Crippen LogP contribution in [0.5, 0.6) is 0 Å². The number of benzene rings is 1. The van der Waals surface area contributed by atoms with Crippen molar-refractivity contribution in [1.29, 1.82) is 0 Å². The Hall–Kier alpha value is -2.05. The van der Waals surface area contributed by atoms with E-state index in [2.05, 4.69) is 0 Å². The maximum absolute atomic E-state index is 12.0. The van der Waals surface area contributed by atoms with Gasteiger partial charge >= 0.3 is 5.97 Å². The Balaban J connectivity index is 1.79. The zero-order valence-corrected chi connectivity index (χ0v) is 14.9. The predicted octanol–water partition coefficient (Wildman–Crippen LogP) is 2.27. The normalized spacial score (nSPS) is 15.4. The molecule has 0 bridgehead atoms. The van der Waals surface area contributed by atoms with Crippen LogP contribution >= 0.6 is 23.2 Å². The molecule has 1 fully saturated rings. The number of ether oxygens (including phenoxy) is 1. The Morgan fingerprint density at radius 2 is 1.92 bits per heavy atom. The molecule has 8 heteroatoms. The van der Waals surface area contributed by atoms with Gasteiger partial charge in [0.15, 0.2) is 6.61 Å². The second kappa shape index (κ2) is 8.87. The Labute approximate surface area is 155 Å². The first-order valence-corrected chi connectivity index (χ1v) is 8.49. The zero-order chi connectivity index (χ0) is 18.4. The number of carbonyl (C=O) groups excluding carboxylic acids is 3. The van der Waals surface area contributed by atoms with Crippen molar-refractivity contribution in [2.24, 2.45) is 11.7 Å². The van der Waals surface area contributed by atoms with E-state index in [1.54, 1.807) is 23.1 Å². The number of rotatable bonds is 5. The summed E-state index contributed by atoms with van der Waals surface area (Å²) in [5.74, 6) is -1.48. The first kappa shape index (κ1) is 19.3. The van der Waals surface area contributed by atoms with Crippen LogP contribution in [0.3, 0.4) is 0 Å². The van der Waals surface area contributed by atoms with E-state index in [0.29, 0.717) is 41.5 Å². The molecule has 2 N–H and O–H groups in total. The van der Waals surface area contributed by atoms with E-state index < -0.39 is 5.97 Å². The minimum atomic E-state index is -0.647. The monoisotopic (exact) mass is 384 g/mol. The highest BCUT2D eigenvalue weighted by atomic mass is 35.5. The van der Waals surface area contributed by atoms with Crippen LogP contribution in [-0.2, 0) is 19.1 Å². The molecule has 0 unspecified atom stereocenters. The zero-order valence-electron chi connectivity index (χ0n) is 13.4. The Morgan fingerprint density at radius 3 is 2.52 bits per heavy atom. The highest BCUT2D eigenvalue weighted by molar-refractivity contribution is 6.35. The molecule has 2 amide bonds. The van der Waals surface area contributed by atoms with Gasteiger partial charge in [0.2, 0.25) is 5.91 Å². The number of nitrogens with two attached hydrogens (primary N) is 1. The largest absolute Gasteiger partial charge is 0.452 e. The molecule has 1 saturated heterocycles. The van der Waals surface area contributed by atoms with E-state index in [1.807, 2.05) is 0 Å². The van der Waals surface area contributed by atoms with Crippen molar-refractivity contribution < 1.29 is 19.1 Å². The summed E-state index contributed by atoms with van der Waals surface area (Å²) in [6, 6.07) is 4.88. The molecule has 134 valence electrons. The minimum absolute atomic E-state index is 0.196. The van der Waals surface area contributed by atoms with Crippen LogP contribution in [0.4, 0.5) is 0 Å². The molecule has 1 aliphatic rings. The fourth-order valence-corrected chi connectivity index (χ4v) is 2.95. The molecule has 2 rings (SSSR count). The molecule has 0 atom stereocenters. The second-order valence-corrected chi connectivity index (χ2v) is 6.51. The maximum Gasteiger partial charge on any atom is 0.331 e. The average molecular weight is 385 g/mol. The number of esters is 1. The van der Waals surface area contributed by atoms with Gasteiger partial charge < -0.3 is 15.4 Å². The first-order valence-electron chi connectivity index (χ1n) is 7.74. The standard InChI is InChI=1S/C17H18Cl2N2O4/c18-13-3-1-11(14(19)9-13)2-4-16(23)25-10-15(22)21-7-5-12(6-8-21)17(20)24/h1-4,9,12H,5-8,10H2,(H2,20,24)/b4-2+. The molecule has 0 spiro atoms. The quantitative estimate of drug-likeness (QED) is 0.622. The maximum atomic E-state index is 12.0. The number of hydrogen-bond acceptors (Lipinski definition) is 4. The van der Waals surface area contributed by atoms with Gasteiger partial charge in [-0.2, -0.15) is 0 Å². The van der Waals surface area contributed by atoms with Gasteiger partial charge in [-0.3, -0.25) is 9.59 Å². The third-order valence-corrected chi connectivity index (χ3v) is 4.51. The smallest absolute Gasteiger partial charge is 0.331 e. The Bertz CT molecular complexity index is 698. The van der Waals surface area contributed by atoms with E-state index in [0.717, 1.165) is 0 Å². The van der Waals surface area contributed by atoms with Crippen LogP contribution in [0.15, 0.2) is 24.3 Å². The van der Waals surface area contributed by atoms with Crippen molar-refractivity contribution in [3.05, 3.63) is 39.9 Å². The number of hydrogen-bond donors (Lipinski definition) is 1. The Morgan fingerprint density at radius 1 is 1.24 bits per heavy atom. The molecule has 25 heavy (non-hydrogen) atoms. The van der Waals surface area contributed by atoms with Gasteiger partial charge in [0.25, 0.3) is 5.91 Å². The second-order valence-electron chi connectivity index (χ2n) is 5.66. The summed E-state index contributed by atoms with van der Waals surface area (Å²) < 4.78 is 4.94. The van der Waals surface area contributed by atoms with Crippen LogP contribution in [0.1, 0.15) is 18.4 Å². The van der Waals surface area contributed by atoms with E-state index in [4.69, 9.17) is 33.7 Å². The minimum Gasteiger partial charge on any atom is -0.452 e. The fourth-order valence-electron chi connectivity index (χ4n) is 2.48. The van der Waals surface area contributed by atoms with Crippen LogP contribution in [0.2, 0.25) is 10.0 Å². The van der Waals surface area contributed by atoms with E-state index in [9.17, 15) is 14.4 Å². The van der Waals surface area contributed by atoms with Crippen molar-refractivity contribution in [2.45, 2.75) is 12.8 Å². The van der Waals surface area contributed by atoms with Crippen molar-refractivity contribution in [1.82, 2.24) is 4.90 Å². The van der Waals surface area contributed by atoms with Crippen molar-refractivity contribution in [3.63, 3.8) is 0 Å². The van der Waals surface area contributed by atoms with Gasteiger partial charge in [0, 0.05) is 35.1 Å². The molecule has 0 aliphatic carbocycles. The third-order valence-electron chi connectivity index (χ3n) is 3.95. The van der Waals surface area contributed by atoms with E-state index in [-0.39, 0.29) is 24.3 Å². The summed E-state index contributed by atoms with van der Waals surface area (Å²) in [6.07, 6.45) is 3.75. The topological polar surface area (TPSA) is 89.7 Å². The third kappa shape index (κ3) is 5.76. The molecule has 0 radical (unpaired) electrons. The first-order chi connectivity index (χ1) is 11.9. The molecular formula is C17H18Cl2N2O4. The predicted molar refractivity (Wildman–Crippen MR) is 95.0 cm³/mol. The summed E-state index contributed by atoms with van der Waals surface area (Å²) in [4.78, 5) is 36.4. The number of likely N-dealkylation sites (tertiary alicyclic amines) is 1. The summed E-state index contributed by atoms with van der Waals surface area (Å²) in [6.45, 7) is 0.513. The SMILES string of the molecule is NC(=O)C1CCN(C(=O)COC(=O)/C=C/c2ccc(Cl)cc2Cl)CC1. The highest BCUT2D eigenvalue weighted by Gasteiger charge is 2.26. The van der Waals surface area contributed by atoms with Crippen LogP contribution in [-0.4, -0.2) is 42.4 Å². The average Bonchev–Trinajstić information content (AvgIpc) is 2.59. The molecule has 1 aliphatic heterocycles. The molecule has 0 saturated carbocycles. The lowest BCUT2D eigenvalue weighted by atomic mass is 9.96. The Kier molecular flexibility index (Phi) is 6.84. The molecule has 1 aromatic carbocycles.